The summed E-state index contributed by atoms with van der Waals surface area (Å²) in [4.78, 5) is 0. The number of anilines is 1. The Morgan fingerprint density at radius 3 is 2.31 bits per heavy atom. The van der Waals surface area contributed by atoms with Crippen LogP contribution in [-0.4, -0.2) is 12.2 Å². The van der Waals surface area contributed by atoms with Crippen LogP contribution in [0.5, 0.6) is 0 Å². The number of halogens is 1. The van der Waals surface area contributed by atoms with Gasteiger partial charge in [-0.2, -0.15) is 0 Å². The Labute approximate surface area is 97.1 Å². The van der Waals surface area contributed by atoms with Gasteiger partial charge in [-0.3, -0.25) is 0 Å². The predicted octanol–water partition coefficient (Wildman–Crippen LogP) is 4.00. The second-order valence-corrected chi connectivity index (χ2v) is 4.93. The van der Waals surface area contributed by atoms with Gasteiger partial charge in [0.1, 0.15) is 6.17 Å². The van der Waals surface area contributed by atoms with Gasteiger partial charge >= 0.3 is 0 Å². The molecule has 1 fully saturated rings. The summed E-state index contributed by atoms with van der Waals surface area (Å²) in [6, 6.07) is 6.33. The van der Waals surface area contributed by atoms with Crippen molar-refractivity contribution in [2.45, 2.75) is 51.7 Å². The summed E-state index contributed by atoms with van der Waals surface area (Å²) in [5.41, 5.74) is 3.52. The molecule has 0 unspecified atom stereocenters. The van der Waals surface area contributed by atoms with Crippen LogP contribution in [0.15, 0.2) is 18.2 Å². The van der Waals surface area contributed by atoms with Crippen LogP contribution in [0.4, 0.5) is 10.1 Å². The van der Waals surface area contributed by atoms with Gasteiger partial charge in [-0.25, -0.2) is 4.39 Å². The maximum Gasteiger partial charge on any atom is 0.120 e. The van der Waals surface area contributed by atoms with E-state index in [0.717, 1.165) is 24.9 Å². The topological polar surface area (TPSA) is 12.0 Å². The maximum atomic E-state index is 13.7. The molecular formula is C14H20FN. The lowest BCUT2D eigenvalue weighted by atomic mass is 9.93. The van der Waals surface area contributed by atoms with Crippen LogP contribution in [0.2, 0.25) is 0 Å². The van der Waals surface area contributed by atoms with Crippen molar-refractivity contribution >= 4 is 5.69 Å². The first kappa shape index (κ1) is 11.4. The minimum absolute atomic E-state index is 0.00921. The second-order valence-electron chi connectivity index (χ2n) is 4.93. The summed E-state index contributed by atoms with van der Waals surface area (Å²) in [6.07, 6.45) is 3.15. The number of alkyl halides is 1. The van der Waals surface area contributed by atoms with Crippen molar-refractivity contribution in [3.8, 4) is 0 Å². The van der Waals surface area contributed by atoms with Gasteiger partial charge in [-0.1, -0.05) is 18.9 Å². The molecule has 0 bridgehead atoms. The van der Waals surface area contributed by atoms with E-state index < -0.39 is 6.17 Å². The van der Waals surface area contributed by atoms with Crippen molar-refractivity contribution in [2.75, 3.05) is 5.32 Å². The van der Waals surface area contributed by atoms with Gasteiger partial charge in [0.05, 0.1) is 6.04 Å². The van der Waals surface area contributed by atoms with Crippen LogP contribution >= 0.6 is 0 Å². The highest BCUT2D eigenvalue weighted by molar-refractivity contribution is 5.49. The first-order valence-corrected chi connectivity index (χ1v) is 6.14. The molecule has 1 nitrogen and oxygen atoms in total. The summed E-state index contributed by atoms with van der Waals surface area (Å²) in [7, 11) is 0. The monoisotopic (exact) mass is 221 g/mol. The molecule has 2 heteroatoms. The molecule has 0 spiro atoms. The van der Waals surface area contributed by atoms with Gasteiger partial charge in [0, 0.05) is 5.69 Å². The number of benzene rings is 1. The third-order valence-electron chi connectivity index (χ3n) is 3.26. The molecule has 1 aromatic rings. The Bertz CT molecular complexity index is 342. The van der Waals surface area contributed by atoms with Crippen molar-refractivity contribution in [3.05, 3.63) is 29.3 Å². The molecule has 2 atom stereocenters. The Morgan fingerprint density at radius 2 is 1.69 bits per heavy atom. The quantitative estimate of drug-likeness (QED) is 0.796. The van der Waals surface area contributed by atoms with Crippen LogP contribution in [0.1, 0.15) is 36.8 Å². The second kappa shape index (κ2) is 4.86. The molecule has 0 amide bonds. The van der Waals surface area contributed by atoms with Crippen LogP contribution in [-0.2, 0) is 0 Å². The molecule has 16 heavy (non-hydrogen) atoms. The van der Waals surface area contributed by atoms with Crippen LogP contribution in [0, 0.1) is 13.8 Å². The van der Waals surface area contributed by atoms with Gasteiger partial charge < -0.3 is 5.32 Å². The minimum Gasteiger partial charge on any atom is -0.379 e. The summed E-state index contributed by atoms with van der Waals surface area (Å²) in [5.74, 6) is 0. The average molecular weight is 221 g/mol. The van der Waals surface area contributed by atoms with E-state index in [1.165, 1.54) is 11.1 Å². The number of hydrogen-bond donors (Lipinski definition) is 1. The number of rotatable bonds is 2. The number of hydrogen-bond acceptors (Lipinski definition) is 1. The van der Waals surface area contributed by atoms with E-state index in [1.807, 2.05) is 0 Å². The highest BCUT2D eigenvalue weighted by Crippen LogP contribution is 2.25. The van der Waals surface area contributed by atoms with Gasteiger partial charge in [-0.15, -0.1) is 0 Å². The van der Waals surface area contributed by atoms with Gasteiger partial charge in [0.15, 0.2) is 0 Å². The Morgan fingerprint density at radius 1 is 1.06 bits per heavy atom. The smallest absolute Gasteiger partial charge is 0.120 e. The fraction of sp³-hybridized carbons (Fsp3) is 0.571. The first-order valence-electron chi connectivity index (χ1n) is 6.14. The van der Waals surface area contributed by atoms with E-state index in [1.54, 1.807) is 0 Å². The Kier molecular flexibility index (Phi) is 3.47. The average Bonchev–Trinajstić information content (AvgIpc) is 2.20. The zero-order valence-electron chi connectivity index (χ0n) is 10.1. The third kappa shape index (κ3) is 2.75. The van der Waals surface area contributed by atoms with E-state index in [0.29, 0.717) is 6.42 Å². The maximum absolute atomic E-state index is 13.7. The van der Waals surface area contributed by atoms with Gasteiger partial charge in [-0.05, 0) is 49.9 Å². The summed E-state index contributed by atoms with van der Waals surface area (Å²) >= 11 is 0. The molecule has 0 aliphatic heterocycles. The molecular weight excluding hydrogens is 201 g/mol. The molecule has 88 valence electrons. The summed E-state index contributed by atoms with van der Waals surface area (Å²) < 4.78 is 13.7. The SMILES string of the molecule is Cc1cc(C)cc(N[C@@H]2CCCC[C@H]2F)c1. The van der Waals surface area contributed by atoms with E-state index in [4.69, 9.17) is 0 Å². The van der Waals surface area contributed by atoms with E-state index in [2.05, 4.69) is 37.4 Å². The summed E-state index contributed by atoms with van der Waals surface area (Å²) in [5, 5.41) is 3.34. The molecule has 0 radical (unpaired) electrons. The lowest BCUT2D eigenvalue weighted by Crippen LogP contribution is -2.33. The fourth-order valence-corrected chi connectivity index (χ4v) is 2.52. The van der Waals surface area contributed by atoms with Crippen LogP contribution in [0.3, 0.4) is 0 Å². The Hall–Kier alpha value is -1.05. The highest BCUT2D eigenvalue weighted by atomic mass is 19.1. The zero-order chi connectivity index (χ0) is 11.5. The molecule has 2 rings (SSSR count). The van der Waals surface area contributed by atoms with Crippen molar-refractivity contribution in [1.82, 2.24) is 0 Å². The molecule has 0 heterocycles. The van der Waals surface area contributed by atoms with Gasteiger partial charge in [0.25, 0.3) is 0 Å². The molecule has 1 aliphatic rings. The standard InChI is InChI=1S/C14H20FN/c1-10-7-11(2)9-12(8-10)16-14-6-4-3-5-13(14)15/h7-9,13-14,16H,3-6H2,1-2H3/t13-,14-/m1/s1. The minimum atomic E-state index is -0.686. The van der Waals surface area contributed by atoms with Crippen molar-refractivity contribution in [3.63, 3.8) is 0 Å². The Balaban J connectivity index is 2.07. The number of aryl methyl sites for hydroxylation is 2. The molecule has 1 saturated carbocycles. The zero-order valence-corrected chi connectivity index (χ0v) is 10.1. The molecule has 1 N–H and O–H groups in total. The molecule has 0 saturated heterocycles. The fourth-order valence-electron chi connectivity index (χ4n) is 2.52. The first-order chi connectivity index (χ1) is 7.65. The van der Waals surface area contributed by atoms with Gasteiger partial charge in [0.2, 0.25) is 0 Å². The van der Waals surface area contributed by atoms with Crippen molar-refractivity contribution in [2.24, 2.45) is 0 Å². The van der Waals surface area contributed by atoms with E-state index >= 15 is 0 Å². The van der Waals surface area contributed by atoms with E-state index in [9.17, 15) is 4.39 Å². The van der Waals surface area contributed by atoms with Crippen molar-refractivity contribution in [1.29, 1.82) is 0 Å². The van der Waals surface area contributed by atoms with Crippen LogP contribution < -0.4 is 5.32 Å². The lowest BCUT2D eigenvalue weighted by molar-refractivity contribution is 0.230. The van der Waals surface area contributed by atoms with Crippen LogP contribution in [0.25, 0.3) is 0 Å². The molecule has 1 aromatic carbocycles. The number of nitrogens with one attached hydrogen (secondary N) is 1. The molecule has 1 aliphatic carbocycles. The lowest BCUT2D eigenvalue weighted by Gasteiger charge is -2.27. The van der Waals surface area contributed by atoms with Crippen molar-refractivity contribution < 1.29 is 4.39 Å². The highest BCUT2D eigenvalue weighted by Gasteiger charge is 2.24. The van der Waals surface area contributed by atoms with E-state index in [-0.39, 0.29) is 6.04 Å². The normalized spacial score (nSPS) is 25.4. The predicted molar refractivity (Wildman–Crippen MR) is 66.7 cm³/mol. The third-order valence-corrected chi connectivity index (χ3v) is 3.26. The summed E-state index contributed by atoms with van der Waals surface area (Å²) in [6.45, 7) is 4.15. The molecule has 0 aromatic heterocycles. The largest absolute Gasteiger partial charge is 0.379 e.